The maximum Gasteiger partial charge on any atom is 0.262 e. The quantitative estimate of drug-likeness (QED) is 0.604. The lowest BCUT2D eigenvalue weighted by Crippen LogP contribution is -2.14. The minimum Gasteiger partial charge on any atom is -0.354 e. The molecule has 0 unspecified atom stereocenters. The van der Waals surface area contributed by atoms with Crippen LogP contribution in [-0.2, 0) is 14.8 Å². The first kappa shape index (κ1) is 21.3. The van der Waals surface area contributed by atoms with E-state index in [0.29, 0.717) is 34.0 Å². The van der Waals surface area contributed by atoms with Gasteiger partial charge in [0.1, 0.15) is 11.4 Å². The molecule has 0 aliphatic carbocycles. The molecule has 2 aromatic carbocycles. The van der Waals surface area contributed by atoms with Crippen molar-refractivity contribution >= 4 is 39.5 Å². The molecule has 3 rings (SSSR count). The molecule has 0 aliphatic rings. The Morgan fingerprint density at radius 1 is 1.07 bits per heavy atom. The van der Waals surface area contributed by atoms with Crippen LogP contribution in [0.5, 0.6) is 0 Å². The molecule has 156 valence electrons. The van der Waals surface area contributed by atoms with Gasteiger partial charge in [0, 0.05) is 12.6 Å². The number of amides is 1. The third-order valence-corrected chi connectivity index (χ3v) is 5.91. The molecule has 0 fully saturated rings. The summed E-state index contributed by atoms with van der Waals surface area (Å²) in [6.45, 7) is 6.76. The van der Waals surface area contributed by atoms with Crippen LogP contribution in [0, 0.1) is 20.8 Å². The van der Waals surface area contributed by atoms with E-state index in [-0.39, 0.29) is 10.8 Å². The first-order chi connectivity index (χ1) is 14.2. The summed E-state index contributed by atoms with van der Waals surface area (Å²) in [6.07, 6.45) is 3.34. The zero-order valence-electron chi connectivity index (χ0n) is 17.2. The monoisotopic (exact) mass is 425 g/mol. The number of nitrogens with one attached hydrogen (secondary N) is 2. The first-order valence-corrected chi connectivity index (χ1v) is 10.8. The summed E-state index contributed by atoms with van der Waals surface area (Å²) in [7, 11) is -3.76. The van der Waals surface area contributed by atoms with Crippen LogP contribution in [0.1, 0.15) is 35.1 Å². The molecule has 0 saturated heterocycles. The maximum atomic E-state index is 12.9. The average molecular weight is 426 g/mol. The number of hydrogen-bond donors (Lipinski definition) is 2. The summed E-state index contributed by atoms with van der Waals surface area (Å²) in [5.74, 6) is 0.146. The van der Waals surface area contributed by atoms with Gasteiger partial charge in [-0.15, -0.1) is 0 Å². The van der Waals surface area contributed by atoms with Gasteiger partial charge in [-0.05, 0) is 61.7 Å². The van der Waals surface area contributed by atoms with Gasteiger partial charge in [0.2, 0.25) is 5.91 Å². The van der Waals surface area contributed by atoms with E-state index in [9.17, 15) is 13.2 Å². The van der Waals surface area contributed by atoms with Crippen LogP contribution in [0.15, 0.2) is 51.9 Å². The third kappa shape index (κ3) is 4.96. The highest BCUT2D eigenvalue weighted by molar-refractivity contribution is 7.92. The van der Waals surface area contributed by atoms with Crippen LogP contribution in [0.3, 0.4) is 0 Å². The van der Waals surface area contributed by atoms with Crippen molar-refractivity contribution in [2.24, 2.45) is 0 Å². The number of anilines is 2. The molecular formula is C22H23N3O4S. The zero-order chi connectivity index (χ0) is 21.9. The predicted octanol–water partition coefficient (Wildman–Crippen LogP) is 4.53. The van der Waals surface area contributed by atoms with Crippen LogP contribution in [0.25, 0.3) is 12.2 Å². The Bertz CT molecular complexity index is 1230. The summed E-state index contributed by atoms with van der Waals surface area (Å²) in [5, 5.41) is 6.54. The number of aromatic nitrogens is 1. The third-order valence-electron chi connectivity index (χ3n) is 4.39. The van der Waals surface area contributed by atoms with Gasteiger partial charge in [-0.1, -0.05) is 35.5 Å². The van der Waals surface area contributed by atoms with Crippen molar-refractivity contribution in [3.63, 3.8) is 0 Å². The van der Waals surface area contributed by atoms with Crippen molar-refractivity contribution in [3.8, 4) is 0 Å². The van der Waals surface area contributed by atoms with Crippen molar-refractivity contribution in [2.45, 2.75) is 32.6 Å². The summed E-state index contributed by atoms with van der Waals surface area (Å²) in [5.41, 5.74) is 3.79. The number of carbonyl (C=O) groups excluding carboxylic acids is 1. The minimum absolute atomic E-state index is 0.182. The summed E-state index contributed by atoms with van der Waals surface area (Å²) >= 11 is 0. The van der Waals surface area contributed by atoms with Crippen molar-refractivity contribution in [1.82, 2.24) is 5.16 Å². The second kappa shape index (κ2) is 8.54. The smallest absolute Gasteiger partial charge is 0.262 e. The van der Waals surface area contributed by atoms with Gasteiger partial charge in [0.25, 0.3) is 10.0 Å². The van der Waals surface area contributed by atoms with Gasteiger partial charge in [-0.2, -0.15) is 0 Å². The molecule has 0 atom stereocenters. The molecule has 2 N–H and O–H groups in total. The SMILES string of the molecule is CC(=O)Nc1c(C)noc1C=Cc1ccc(C)c(S(=O)(=O)Nc2cccc(C)c2)c1. The number of carbonyl (C=O) groups is 1. The van der Waals surface area contributed by atoms with Crippen molar-refractivity contribution in [2.75, 3.05) is 10.0 Å². The molecule has 1 aromatic heterocycles. The number of hydrogen-bond acceptors (Lipinski definition) is 5. The number of sulfonamides is 1. The predicted molar refractivity (Wildman–Crippen MR) is 118 cm³/mol. The van der Waals surface area contributed by atoms with E-state index in [1.165, 1.54) is 6.92 Å². The molecule has 0 aliphatic heterocycles. The number of rotatable bonds is 6. The largest absolute Gasteiger partial charge is 0.354 e. The Balaban J connectivity index is 1.90. The summed E-state index contributed by atoms with van der Waals surface area (Å²) in [6, 6.07) is 12.3. The van der Waals surface area contributed by atoms with E-state index < -0.39 is 10.0 Å². The molecule has 0 bridgehead atoms. The van der Waals surface area contributed by atoms with Crippen LogP contribution in [0.2, 0.25) is 0 Å². The molecule has 0 spiro atoms. The zero-order valence-corrected chi connectivity index (χ0v) is 18.0. The molecule has 30 heavy (non-hydrogen) atoms. The Morgan fingerprint density at radius 2 is 1.83 bits per heavy atom. The van der Waals surface area contributed by atoms with Crippen LogP contribution in [0.4, 0.5) is 11.4 Å². The lowest BCUT2D eigenvalue weighted by molar-refractivity contribution is -0.114. The maximum absolute atomic E-state index is 12.9. The van der Waals surface area contributed by atoms with Gasteiger partial charge < -0.3 is 9.84 Å². The fraction of sp³-hybridized carbons (Fsp3) is 0.182. The number of aryl methyl sites for hydroxylation is 3. The Kier molecular flexibility index (Phi) is 6.07. The molecule has 1 heterocycles. The highest BCUT2D eigenvalue weighted by Gasteiger charge is 2.18. The number of nitrogens with zero attached hydrogens (tertiary/aromatic N) is 1. The van der Waals surface area contributed by atoms with E-state index in [2.05, 4.69) is 15.2 Å². The molecular weight excluding hydrogens is 402 g/mol. The molecule has 7 nitrogen and oxygen atoms in total. The Labute approximate surface area is 175 Å². The van der Waals surface area contributed by atoms with Gasteiger partial charge in [0.05, 0.1) is 4.90 Å². The normalized spacial score (nSPS) is 11.6. The van der Waals surface area contributed by atoms with E-state index in [4.69, 9.17) is 4.52 Å². The van der Waals surface area contributed by atoms with E-state index in [1.807, 2.05) is 13.0 Å². The second-order valence-electron chi connectivity index (χ2n) is 7.02. The van der Waals surface area contributed by atoms with Crippen LogP contribution in [-0.4, -0.2) is 19.5 Å². The van der Waals surface area contributed by atoms with Crippen LogP contribution < -0.4 is 10.0 Å². The molecule has 3 aromatic rings. The topological polar surface area (TPSA) is 101 Å². The molecule has 1 amide bonds. The van der Waals surface area contributed by atoms with Crippen molar-refractivity contribution < 1.29 is 17.7 Å². The Morgan fingerprint density at radius 3 is 2.53 bits per heavy atom. The van der Waals surface area contributed by atoms with E-state index >= 15 is 0 Å². The summed E-state index contributed by atoms with van der Waals surface area (Å²) < 4.78 is 33.7. The van der Waals surface area contributed by atoms with Gasteiger partial charge in [0.15, 0.2) is 5.76 Å². The standard InChI is InChI=1S/C22H23N3O4S/c1-14-6-5-7-19(12-14)25-30(27,28)21-13-18(9-8-15(21)2)10-11-20-22(23-17(4)26)16(3)24-29-20/h5-13,25H,1-4H3,(H,23,26). The van der Waals surface area contributed by atoms with Crippen LogP contribution >= 0.6 is 0 Å². The summed E-state index contributed by atoms with van der Waals surface area (Å²) in [4.78, 5) is 11.6. The fourth-order valence-corrected chi connectivity index (χ4v) is 4.26. The van der Waals surface area contributed by atoms with Gasteiger partial charge >= 0.3 is 0 Å². The Hall–Kier alpha value is -3.39. The fourth-order valence-electron chi connectivity index (χ4n) is 2.93. The van der Waals surface area contributed by atoms with Crippen molar-refractivity contribution in [3.05, 3.63) is 70.6 Å². The second-order valence-corrected chi connectivity index (χ2v) is 8.67. The molecule has 0 radical (unpaired) electrons. The van der Waals surface area contributed by atoms with E-state index in [1.54, 1.807) is 62.4 Å². The van der Waals surface area contributed by atoms with Crippen molar-refractivity contribution in [1.29, 1.82) is 0 Å². The average Bonchev–Trinajstić information content (AvgIpc) is 3.00. The minimum atomic E-state index is -3.76. The van der Waals surface area contributed by atoms with Gasteiger partial charge in [-0.25, -0.2) is 8.42 Å². The molecule has 8 heteroatoms. The number of benzene rings is 2. The highest BCUT2D eigenvalue weighted by atomic mass is 32.2. The lowest BCUT2D eigenvalue weighted by Gasteiger charge is -2.11. The lowest BCUT2D eigenvalue weighted by atomic mass is 10.1. The highest BCUT2D eigenvalue weighted by Crippen LogP contribution is 2.25. The van der Waals surface area contributed by atoms with E-state index in [0.717, 1.165) is 5.56 Å². The van der Waals surface area contributed by atoms with Gasteiger partial charge in [-0.3, -0.25) is 9.52 Å². The molecule has 0 saturated carbocycles. The first-order valence-electron chi connectivity index (χ1n) is 9.28.